The first kappa shape index (κ1) is 17.5. The molecule has 1 aromatic carbocycles. The van der Waals surface area contributed by atoms with Crippen LogP contribution in [-0.4, -0.2) is 56.1 Å². The summed E-state index contributed by atoms with van der Waals surface area (Å²) < 4.78 is 5.11. The Bertz CT molecular complexity index is 760. The van der Waals surface area contributed by atoms with Crippen LogP contribution in [0, 0.1) is 0 Å². The zero-order chi connectivity index (χ0) is 17.8. The Hall–Kier alpha value is -2.31. The van der Waals surface area contributed by atoms with E-state index < -0.39 is 0 Å². The van der Waals surface area contributed by atoms with Gasteiger partial charge in [-0.2, -0.15) is 0 Å². The van der Waals surface area contributed by atoms with Gasteiger partial charge < -0.3 is 19.9 Å². The van der Waals surface area contributed by atoms with E-state index in [0.717, 1.165) is 31.9 Å². The summed E-state index contributed by atoms with van der Waals surface area (Å²) in [6.07, 6.45) is 1.67. The highest BCUT2D eigenvalue weighted by Crippen LogP contribution is 2.27. The largest absolute Gasteiger partial charge is 0.495 e. The van der Waals surface area contributed by atoms with Crippen molar-refractivity contribution in [2.75, 3.05) is 50.6 Å². The monoisotopic (exact) mass is 360 g/mol. The maximum absolute atomic E-state index is 12.5. The number of carbonyl (C=O) groups excluding carboxylic acids is 1. The number of hydrogen-bond acceptors (Lipinski definition) is 5. The minimum atomic E-state index is -0.266. The van der Waals surface area contributed by atoms with Crippen molar-refractivity contribution in [3.8, 4) is 5.75 Å². The smallest absolute Gasteiger partial charge is 0.274 e. The number of carbonyl (C=O) groups is 1. The standard InChI is InChI=1S/C18H21ClN4O2/c1-22-7-9-23(10-8-22)14-5-6-20-16(12-14)18(24)21-13-3-4-17(25-2)15(19)11-13/h3-6,11-12H,7-10H2,1-2H3,(H,21,24). The number of rotatable bonds is 4. The highest BCUT2D eigenvalue weighted by molar-refractivity contribution is 6.32. The fraction of sp³-hybridized carbons (Fsp3) is 0.333. The lowest BCUT2D eigenvalue weighted by atomic mass is 10.2. The number of pyridine rings is 1. The quantitative estimate of drug-likeness (QED) is 0.908. The molecule has 0 bridgehead atoms. The van der Waals surface area contributed by atoms with Gasteiger partial charge in [0, 0.05) is 43.8 Å². The number of nitrogens with zero attached hydrogens (tertiary/aromatic N) is 3. The van der Waals surface area contributed by atoms with Gasteiger partial charge in [0.2, 0.25) is 0 Å². The van der Waals surface area contributed by atoms with E-state index in [2.05, 4.69) is 27.1 Å². The van der Waals surface area contributed by atoms with Gasteiger partial charge in [0.05, 0.1) is 12.1 Å². The van der Waals surface area contributed by atoms with Gasteiger partial charge in [-0.15, -0.1) is 0 Å². The van der Waals surface area contributed by atoms with Crippen LogP contribution in [0.4, 0.5) is 11.4 Å². The number of hydrogen-bond donors (Lipinski definition) is 1. The lowest BCUT2D eigenvalue weighted by Crippen LogP contribution is -2.44. The van der Waals surface area contributed by atoms with Gasteiger partial charge in [-0.05, 0) is 37.4 Å². The zero-order valence-corrected chi connectivity index (χ0v) is 15.1. The van der Waals surface area contributed by atoms with Crippen LogP contribution in [0.25, 0.3) is 0 Å². The van der Waals surface area contributed by atoms with Crippen LogP contribution in [0.5, 0.6) is 5.75 Å². The minimum Gasteiger partial charge on any atom is -0.495 e. The zero-order valence-electron chi connectivity index (χ0n) is 14.3. The Morgan fingerprint density at radius 1 is 1.20 bits per heavy atom. The average molecular weight is 361 g/mol. The first-order valence-corrected chi connectivity index (χ1v) is 8.49. The Kier molecular flexibility index (Phi) is 5.40. The average Bonchev–Trinajstić information content (AvgIpc) is 2.62. The van der Waals surface area contributed by atoms with Crippen molar-refractivity contribution in [3.05, 3.63) is 47.2 Å². The van der Waals surface area contributed by atoms with Crippen LogP contribution in [0.1, 0.15) is 10.5 Å². The van der Waals surface area contributed by atoms with Crippen LogP contribution >= 0.6 is 11.6 Å². The molecule has 0 atom stereocenters. The Morgan fingerprint density at radius 3 is 2.64 bits per heavy atom. The maximum atomic E-state index is 12.5. The molecule has 0 aliphatic carbocycles. The molecule has 7 heteroatoms. The van der Waals surface area contributed by atoms with Crippen molar-refractivity contribution in [1.29, 1.82) is 0 Å². The summed E-state index contributed by atoms with van der Waals surface area (Å²) in [6, 6.07) is 8.87. The maximum Gasteiger partial charge on any atom is 0.274 e. The van der Waals surface area contributed by atoms with Crippen LogP contribution in [0.15, 0.2) is 36.5 Å². The first-order valence-electron chi connectivity index (χ1n) is 8.11. The molecule has 1 aliphatic rings. The second-order valence-corrected chi connectivity index (χ2v) is 6.40. The fourth-order valence-corrected chi connectivity index (χ4v) is 3.00. The molecule has 1 aliphatic heterocycles. The number of benzene rings is 1. The number of ether oxygens (including phenoxy) is 1. The number of anilines is 2. The van der Waals surface area contributed by atoms with Crippen molar-refractivity contribution >= 4 is 28.9 Å². The van der Waals surface area contributed by atoms with Crippen molar-refractivity contribution in [3.63, 3.8) is 0 Å². The third-order valence-corrected chi connectivity index (χ3v) is 4.55. The predicted molar refractivity (Wildman–Crippen MR) is 99.9 cm³/mol. The number of piperazine rings is 1. The van der Waals surface area contributed by atoms with Gasteiger partial charge in [-0.1, -0.05) is 11.6 Å². The topological polar surface area (TPSA) is 57.7 Å². The van der Waals surface area contributed by atoms with E-state index in [4.69, 9.17) is 16.3 Å². The van der Waals surface area contributed by atoms with Crippen molar-refractivity contribution < 1.29 is 9.53 Å². The summed E-state index contributed by atoms with van der Waals surface area (Å²) in [7, 11) is 3.66. The molecule has 1 amide bonds. The highest BCUT2D eigenvalue weighted by atomic mass is 35.5. The summed E-state index contributed by atoms with van der Waals surface area (Å²) in [5.41, 5.74) is 1.99. The van der Waals surface area contributed by atoms with Gasteiger partial charge in [0.15, 0.2) is 0 Å². The molecular formula is C18H21ClN4O2. The van der Waals surface area contributed by atoms with Gasteiger partial charge in [-0.3, -0.25) is 9.78 Å². The molecule has 0 spiro atoms. The van der Waals surface area contributed by atoms with Gasteiger partial charge in [0.1, 0.15) is 11.4 Å². The Balaban J connectivity index is 1.72. The summed E-state index contributed by atoms with van der Waals surface area (Å²) in [4.78, 5) is 21.2. The molecule has 1 saturated heterocycles. The van der Waals surface area contributed by atoms with E-state index in [9.17, 15) is 4.79 Å². The van der Waals surface area contributed by atoms with E-state index in [1.165, 1.54) is 0 Å². The molecule has 132 valence electrons. The van der Waals surface area contributed by atoms with E-state index in [1.54, 1.807) is 31.5 Å². The van der Waals surface area contributed by atoms with Crippen LogP contribution in [0.2, 0.25) is 5.02 Å². The second kappa shape index (κ2) is 7.72. The number of aromatic nitrogens is 1. The molecule has 25 heavy (non-hydrogen) atoms. The summed E-state index contributed by atoms with van der Waals surface area (Å²) >= 11 is 6.09. The van der Waals surface area contributed by atoms with Crippen LogP contribution in [-0.2, 0) is 0 Å². The van der Waals surface area contributed by atoms with E-state index in [1.807, 2.05) is 12.1 Å². The van der Waals surface area contributed by atoms with Crippen molar-refractivity contribution in [1.82, 2.24) is 9.88 Å². The molecule has 0 saturated carbocycles. The molecule has 0 unspecified atom stereocenters. The number of amides is 1. The third kappa shape index (κ3) is 4.21. The Morgan fingerprint density at radius 2 is 1.96 bits per heavy atom. The number of likely N-dealkylation sites (N-methyl/N-ethyl adjacent to an activating group) is 1. The highest BCUT2D eigenvalue weighted by Gasteiger charge is 2.16. The second-order valence-electron chi connectivity index (χ2n) is 5.99. The molecule has 2 heterocycles. The molecular weight excluding hydrogens is 340 g/mol. The van der Waals surface area contributed by atoms with Crippen LogP contribution < -0.4 is 15.0 Å². The molecule has 1 fully saturated rings. The van der Waals surface area contributed by atoms with Gasteiger partial charge in [-0.25, -0.2) is 0 Å². The third-order valence-electron chi connectivity index (χ3n) is 4.25. The number of methoxy groups -OCH3 is 1. The lowest BCUT2D eigenvalue weighted by Gasteiger charge is -2.34. The van der Waals surface area contributed by atoms with Crippen molar-refractivity contribution in [2.24, 2.45) is 0 Å². The fourth-order valence-electron chi connectivity index (χ4n) is 2.74. The van der Waals surface area contributed by atoms with Crippen LogP contribution in [0.3, 0.4) is 0 Å². The van der Waals surface area contributed by atoms with Gasteiger partial charge >= 0.3 is 0 Å². The molecule has 1 aromatic heterocycles. The summed E-state index contributed by atoms with van der Waals surface area (Å²) in [5, 5.41) is 3.26. The molecule has 0 radical (unpaired) electrons. The molecule has 3 rings (SSSR count). The Labute approximate surface area is 152 Å². The van der Waals surface area contributed by atoms with E-state index in [-0.39, 0.29) is 5.91 Å². The number of nitrogens with one attached hydrogen (secondary N) is 1. The minimum absolute atomic E-state index is 0.266. The SMILES string of the molecule is COc1ccc(NC(=O)c2cc(N3CCN(C)CC3)ccn2)cc1Cl. The molecule has 2 aromatic rings. The number of halogens is 1. The van der Waals surface area contributed by atoms with E-state index in [0.29, 0.717) is 22.2 Å². The predicted octanol–water partition coefficient (Wildman–Crippen LogP) is 2.75. The normalized spacial score (nSPS) is 15.1. The summed E-state index contributed by atoms with van der Waals surface area (Å²) in [6.45, 7) is 3.90. The van der Waals surface area contributed by atoms with E-state index >= 15 is 0 Å². The molecule has 1 N–H and O–H groups in total. The summed E-state index contributed by atoms with van der Waals surface area (Å²) in [5.74, 6) is 0.298. The van der Waals surface area contributed by atoms with Crippen molar-refractivity contribution in [2.45, 2.75) is 0 Å². The first-order chi connectivity index (χ1) is 12.1. The lowest BCUT2D eigenvalue weighted by molar-refractivity contribution is 0.102. The van der Waals surface area contributed by atoms with Gasteiger partial charge in [0.25, 0.3) is 5.91 Å². The molecule has 6 nitrogen and oxygen atoms in total.